The van der Waals surface area contributed by atoms with Crippen molar-refractivity contribution in [2.45, 2.75) is 51.1 Å². The summed E-state index contributed by atoms with van der Waals surface area (Å²) < 4.78 is 7.57. The van der Waals surface area contributed by atoms with Crippen molar-refractivity contribution in [3.63, 3.8) is 0 Å². The van der Waals surface area contributed by atoms with Crippen LogP contribution in [0.3, 0.4) is 0 Å². The van der Waals surface area contributed by atoms with E-state index in [-0.39, 0.29) is 48.1 Å². The number of aryl methyl sites for hydroxylation is 1. The van der Waals surface area contributed by atoms with Crippen molar-refractivity contribution in [3.8, 4) is 16.9 Å². The normalized spacial score (nSPS) is 15.1. The molecule has 2 aliphatic rings. The molecule has 56 heavy (non-hydrogen) atoms. The second-order valence-corrected chi connectivity index (χ2v) is 13.5. The van der Waals surface area contributed by atoms with Crippen LogP contribution in [0.4, 0.5) is 11.4 Å². The van der Waals surface area contributed by atoms with Gasteiger partial charge in [0, 0.05) is 55.6 Å². The van der Waals surface area contributed by atoms with Crippen molar-refractivity contribution in [1.29, 1.82) is 0 Å². The molecule has 2 aromatic heterocycles. The first-order chi connectivity index (χ1) is 27.2. The quantitative estimate of drug-likeness (QED) is 0.0881. The van der Waals surface area contributed by atoms with E-state index in [1.54, 1.807) is 19.3 Å². The third-order valence-electron chi connectivity index (χ3n) is 9.77. The van der Waals surface area contributed by atoms with Gasteiger partial charge in [0.1, 0.15) is 11.8 Å². The van der Waals surface area contributed by atoms with E-state index in [1.807, 2.05) is 65.6 Å². The molecule has 0 saturated carbocycles. The third-order valence-corrected chi connectivity index (χ3v) is 9.77. The maximum absolute atomic E-state index is 13.2. The van der Waals surface area contributed by atoms with E-state index in [0.29, 0.717) is 17.8 Å². The zero-order valence-corrected chi connectivity index (χ0v) is 30.7. The molecule has 4 heterocycles. The number of rotatable bonds is 15. The van der Waals surface area contributed by atoms with Crippen LogP contribution < -0.4 is 26.0 Å². The van der Waals surface area contributed by atoms with Gasteiger partial charge in [-0.25, -0.2) is 0 Å². The molecule has 0 spiro atoms. The van der Waals surface area contributed by atoms with E-state index < -0.39 is 29.7 Å². The fourth-order valence-corrected chi connectivity index (χ4v) is 6.89. The van der Waals surface area contributed by atoms with Gasteiger partial charge in [-0.3, -0.25) is 48.6 Å². The number of fused-ring (bicyclic) bond motifs is 2. The van der Waals surface area contributed by atoms with E-state index in [4.69, 9.17) is 4.74 Å². The minimum Gasteiger partial charge on any atom is -0.483 e. The predicted octanol–water partition coefficient (Wildman–Crippen LogP) is 4.36. The molecule has 0 aliphatic carbocycles. The number of ether oxygens (including phenoxy) is 1. The van der Waals surface area contributed by atoms with Crippen LogP contribution in [-0.2, 0) is 20.9 Å². The summed E-state index contributed by atoms with van der Waals surface area (Å²) in [5.41, 5.74) is 4.69. The van der Waals surface area contributed by atoms with Crippen LogP contribution in [0.25, 0.3) is 22.0 Å². The van der Waals surface area contributed by atoms with E-state index in [1.165, 1.54) is 12.1 Å². The van der Waals surface area contributed by atoms with Crippen molar-refractivity contribution >= 4 is 57.7 Å². The van der Waals surface area contributed by atoms with Crippen LogP contribution >= 0.6 is 0 Å². The Kier molecular flexibility index (Phi) is 11.1. The Morgan fingerprint density at radius 2 is 1.73 bits per heavy atom. The highest BCUT2D eigenvalue weighted by Crippen LogP contribution is 2.35. The zero-order valence-electron chi connectivity index (χ0n) is 30.7. The molecule has 0 bridgehead atoms. The van der Waals surface area contributed by atoms with E-state index >= 15 is 0 Å². The van der Waals surface area contributed by atoms with Crippen LogP contribution in [0.2, 0.25) is 0 Å². The highest BCUT2D eigenvalue weighted by Gasteiger charge is 2.46. The third kappa shape index (κ3) is 7.97. The molecule has 2 aliphatic heterocycles. The smallest absolute Gasteiger partial charge is 0.266 e. The standard InChI is InChI=1S/C41H40N8O7/c1-42-38(52)30-22-44-31-15-14-25(20-29(31)37(30)46-27-10-5-4-6-11-27)26-21-45-48(23-26)19-8-3-2-7-18-43-35(51)24-56-33-13-9-12-28-36(33)41(55)49(40(28)54)32-16-17-34(50)47-39(32)53/h4-6,9-15,20-23,32H,2-3,7-8,16-19,24H2,1H3,(H,42,52)(H,43,51)(H,44,46)(H,47,50,53). The maximum atomic E-state index is 13.2. The number of benzene rings is 3. The van der Waals surface area contributed by atoms with Gasteiger partial charge >= 0.3 is 0 Å². The zero-order chi connectivity index (χ0) is 39.2. The summed E-state index contributed by atoms with van der Waals surface area (Å²) in [4.78, 5) is 80.9. The summed E-state index contributed by atoms with van der Waals surface area (Å²) >= 11 is 0. The summed E-state index contributed by atoms with van der Waals surface area (Å²) in [6.45, 7) is 0.813. The highest BCUT2D eigenvalue weighted by atomic mass is 16.5. The fraction of sp³-hybridized carbons (Fsp3) is 0.268. The minimum atomic E-state index is -1.09. The van der Waals surface area contributed by atoms with Gasteiger partial charge in [0.2, 0.25) is 11.8 Å². The number of nitrogens with zero attached hydrogens (tertiary/aromatic N) is 4. The van der Waals surface area contributed by atoms with Crippen LogP contribution in [0.15, 0.2) is 85.3 Å². The lowest BCUT2D eigenvalue weighted by Crippen LogP contribution is -2.54. The number of anilines is 2. The topological polar surface area (TPSA) is 194 Å². The first-order valence-corrected chi connectivity index (χ1v) is 18.5. The molecule has 1 atom stereocenters. The molecule has 3 aromatic carbocycles. The largest absolute Gasteiger partial charge is 0.483 e. The summed E-state index contributed by atoms with van der Waals surface area (Å²) in [5.74, 6) is -3.03. The van der Waals surface area contributed by atoms with Crippen LogP contribution in [0.1, 0.15) is 69.6 Å². The first kappa shape index (κ1) is 37.4. The molecule has 0 radical (unpaired) electrons. The number of pyridine rings is 1. The fourth-order valence-electron chi connectivity index (χ4n) is 6.89. The molecule has 1 saturated heterocycles. The molecule has 6 amide bonds. The maximum Gasteiger partial charge on any atom is 0.266 e. The molecule has 15 nitrogen and oxygen atoms in total. The number of nitrogens with one attached hydrogen (secondary N) is 4. The summed E-state index contributed by atoms with van der Waals surface area (Å²) in [5, 5.41) is 16.5. The van der Waals surface area contributed by atoms with Gasteiger partial charge in [-0.05, 0) is 61.2 Å². The number of amides is 6. The van der Waals surface area contributed by atoms with Crippen molar-refractivity contribution in [3.05, 3.63) is 102 Å². The number of carbonyl (C=O) groups is 6. The Labute approximate surface area is 321 Å². The molecular weight excluding hydrogens is 716 g/mol. The molecule has 7 rings (SSSR count). The summed E-state index contributed by atoms with van der Waals surface area (Å²) in [6, 6.07) is 19.0. The lowest BCUT2D eigenvalue weighted by atomic mass is 10.0. The first-order valence-electron chi connectivity index (χ1n) is 18.5. The number of aromatic nitrogens is 3. The van der Waals surface area contributed by atoms with Gasteiger partial charge in [0.05, 0.1) is 34.1 Å². The Morgan fingerprint density at radius 1 is 0.911 bits per heavy atom. The Morgan fingerprint density at radius 3 is 2.54 bits per heavy atom. The Bertz CT molecular complexity index is 2340. The number of unbranched alkanes of at least 4 members (excludes halogenated alkanes) is 3. The predicted molar refractivity (Wildman–Crippen MR) is 206 cm³/mol. The van der Waals surface area contributed by atoms with Gasteiger partial charge in [-0.1, -0.05) is 43.2 Å². The van der Waals surface area contributed by atoms with Crippen LogP contribution in [0, 0.1) is 0 Å². The molecular formula is C41H40N8O7. The Hall–Kier alpha value is -6.90. The Balaban J connectivity index is 0.867. The summed E-state index contributed by atoms with van der Waals surface area (Å²) in [7, 11) is 1.59. The van der Waals surface area contributed by atoms with Crippen LogP contribution in [-0.4, -0.2) is 81.3 Å². The number of imide groups is 2. The molecule has 15 heteroatoms. The SMILES string of the molecule is CNC(=O)c1cnc2ccc(-c3cnn(CCCCCCNC(=O)COc4cccc5c4C(=O)N(C4CCC(=O)NC4=O)C5=O)c3)cc2c1Nc1ccccc1. The van der Waals surface area contributed by atoms with Gasteiger partial charge in [0.25, 0.3) is 23.6 Å². The van der Waals surface area contributed by atoms with Crippen LogP contribution in [0.5, 0.6) is 5.75 Å². The second-order valence-electron chi connectivity index (χ2n) is 13.5. The van der Waals surface area contributed by atoms with Gasteiger partial charge in [-0.15, -0.1) is 0 Å². The van der Waals surface area contributed by atoms with Gasteiger partial charge < -0.3 is 20.7 Å². The molecule has 1 fully saturated rings. The number of piperidine rings is 1. The van der Waals surface area contributed by atoms with Crippen molar-refractivity contribution in [1.82, 2.24) is 35.6 Å². The van der Waals surface area contributed by atoms with E-state index in [2.05, 4.69) is 31.3 Å². The van der Waals surface area contributed by atoms with Crippen molar-refractivity contribution < 1.29 is 33.5 Å². The number of para-hydroxylation sites is 1. The van der Waals surface area contributed by atoms with E-state index in [0.717, 1.165) is 64.8 Å². The van der Waals surface area contributed by atoms with Crippen molar-refractivity contribution in [2.75, 3.05) is 25.5 Å². The molecule has 286 valence electrons. The number of hydrogen-bond acceptors (Lipinski definition) is 10. The molecule has 1 unspecified atom stereocenters. The number of hydrogen-bond donors (Lipinski definition) is 4. The average Bonchev–Trinajstić information content (AvgIpc) is 3.78. The lowest BCUT2D eigenvalue weighted by molar-refractivity contribution is -0.136. The number of carbonyl (C=O) groups excluding carboxylic acids is 6. The molecule has 4 N–H and O–H groups in total. The molecule has 5 aromatic rings. The second kappa shape index (κ2) is 16.6. The van der Waals surface area contributed by atoms with Gasteiger partial charge in [-0.2, -0.15) is 5.10 Å². The lowest BCUT2D eigenvalue weighted by Gasteiger charge is -2.27. The van der Waals surface area contributed by atoms with E-state index in [9.17, 15) is 28.8 Å². The highest BCUT2D eigenvalue weighted by molar-refractivity contribution is 6.24. The summed E-state index contributed by atoms with van der Waals surface area (Å²) in [6.07, 6.45) is 8.93. The van der Waals surface area contributed by atoms with Gasteiger partial charge in [0.15, 0.2) is 6.61 Å². The minimum absolute atomic E-state index is 0.00408. The monoisotopic (exact) mass is 756 g/mol. The van der Waals surface area contributed by atoms with Crippen molar-refractivity contribution in [2.24, 2.45) is 0 Å². The average molecular weight is 757 g/mol.